The Morgan fingerprint density at radius 3 is 2.55 bits per heavy atom. The lowest BCUT2D eigenvalue weighted by Gasteiger charge is -2.40. The van der Waals surface area contributed by atoms with Crippen LogP contribution in [-0.4, -0.2) is 41.7 Å². The van der Waals surface area contributed by atoms with Crippen molar-refractivity contribution in [1.82, 2.24) is 9.88 Å². The number of aromatic nitrogens is 1. The fourth-order valence-corrected chi connectivity index (χ4v) is 4.64. The standard InChI is InChI=1S/C26H29FN2O2/c1-4-24(30)29-14-11-26(27,12-15-29)25(31-3)20-9-7-19(8-10-20)22-17-23-21(16-18(22)2)6-5-13-28-23/h5-10,13,16-17,25H,4,11-12,14-15H2,1-3H3. The second kappa shape index (κ2) is 8.75. The molecule has 0 spiro atoms. The van der Waals surface area contributed by atoms with E-state index in [1.54, 1.807) is 18.2 Å². The number of hydrogen-bond acceptors (Lipinski definition) is 3. The van der Waals surface area contributed by atoms with Gasteiger partial charge < -0.3 is 9.64 Å². The second-order valence-electron chi connectivity index (χ2n) is 8.37. The van der Waals surface area contributed by atoms with Gasteiger partial charge in [-0.05, 0) is 47.4 Å². The number of nitrogens with zero attached hydrogens (tertiary/aromatic N) is 2. The lowest BCUT2D eigenvalue weighted by atomic mass is 9.83. The van der Waals surface area contributed by atoms with Crippen LogP contribution in [0.1, 0.15) is 43.4 Å². The Bertz CT molecular complexity index is 1070. The van der Waals surface area contributed by atoms with Crippen molar-refractivity contribution in [2.75, 3.05) is 20.2 Å². The van der Waals surface area contributed by atoms with Crippen molar-refractivity contribution in [2.24, 2.45) is 0 Å². The number of benzene rings is 2. The molecule has 0 N–H and O–H groups in total. The first kappa shape index (κ1) is 21.4. The number of alkyl halides is 1. The number of amides is 1. The van der Waals surface area contributed by atoms with Crippen LogP contribution < -0.4 is 0 Å². The summed E-state index contributed by atoms with van der Waals surface area (Å²) in [6.45, 7) is 4.80. The molecule has 1 aliphatic heterocycles. The Morgan fingerprint density at radius 1 is 1.19 bits per heavy atom. The van der Waals surface area contributed by atoms with Gasteiger partial charge in [-0.1, -0.05) is 37.3 Å². The van der Waals surface area contributed by atoms with Crippen LogP contribution in [-0.2, 0) is 9.53 Å². The van der Waals surface area contributed by atoms with Crippen LogP contribution in [0.3, 0.4) is 0 Å². The maximum Gasteiger partial charge on any atom is 0.222 e. The third kappa shape index (κ3) is 4.19. The van der Waals surface area contributed by atoms with Crippen LogP contribution >= 0.6 is 0 Å². The molecule has 0 bridgehead atoms. The first-order chi connectivity index (χ1) is 14.9. The van der Waals surface area contributed by atoms with Crippen molar-refractivity contribution in [3.63, 3.8) is 0 Å². The lowest BCUT2D eigenvalue weighted by molar-refractivity contribution is -0.136. The third-order valence-electron chi connectivity index (χ3n) is 6.43. The van der Waals surface area contributed by atoms with Crippen molar-refractivity contribution in [2.45, 2.75) is 44.9 Å². The van der Waals surface area contributed by atoms with E-state index < -0.39 is 11.8 Å². The fourth-order valence-electron chi connectivity index (χ4n) is 4.64. The van der Waals surface area contributed by atoms with Gasteiger partial charge in [0, 0.05) is 51.0 Å². The summed E-state index contributed by atoms with van der Waals surface area (Å²) in [7, 11) is 1.56. The minimum atomic E-state index is -1.48. The van der Waals surface area contributed by atoms with E-state index in [0.717, 1.165) is 27.6 Å². The maximum atomic E-state index is 15.9. The van der Waals surface area contributed by atoms with Crippen molar-refractivity contribution < 1.29 is 13.9 Å². The van der Waals surface area contributed by atoms with Crippen molar-refractivity contribution in [3.8, 4) is 11.1 Å². The Hall–Kier alpha value is -2.79. The Kier molecular flexibility index (Phi) is 6.05. The van der Waals surface area contributed by atoms with Crippen LogP contribution in [0.2, 0.25) is 0 Å². The summed E-state index contributed by atoms with van der Waals surface area (Å²) in [5.41, 5.74) is 3.65. The quantitative estimate of drug-likeness (QED) is 0.537. The van der Waals surface area contributed by atoms with E-state index in [-0.39, 0.29) is 18.7 Å². The number of carbonyl (C=O) groups excluding carboxylic acids is 1. The van der Waals surface area contributed by atoms with Gasteiger partial charge in [0.05, 0.1) is 5.52 Å². The third-order valence-corrected chi connectivity index (χ3v) is 6.43. The molecule has 1 amide bonds. The molecule has 2 aromatic carbocycles. The summed E-state index contributed by atoms with van der Waals surface area (Å²) in [4.78, 5) is 18.2. The molecule has 3 aromatic rings. The summed E-state index contributed by atoms with van der Waals surface area (Å²) in [6.07, 6.45) is 2.18. The molecule has 162 valence electrons. The van der Waals surface area contributed by atoms with Gasteiger partial charge >= 0.3 is 0 Å². The molecule has 0 radical (unpaired) electrons. The van der Waals surface area contributed by atoms with Crippen LogP contribution in [0.4, 0.5) is 4.39 Å². The average molecular weight is 421 g/mol. The summed E-state index contributed by atoms with van der Waals surface area (Å²) in [5, 5.41) is 1.12. The van der Waals surface area contributed by atoms with E-state index in [2.05, 4.69) is 30.1 Å². The second-order valence-corrected chi connectivity index (χ2v) is 8.37. The molecule has 31 heavy (non-hydrogen) atoms. The minimum absolute atomic E-state index is 0.0839. The Balaban J connectivity index is 1.57. The highest BCUT2D eigenvalue weighted by Gasteiger charge is 2.43. The molecular weight excluding hydrogens is 391 g/mol. The monoisotopic (exact) mass is 420 g/mol. The van der Waals surface area contributed by atoms with Crippen LogP contribution in [0.25, 0.3) is 22.0 Å². The van der Waals surface area contributed by atoms with Gasteiger partial charge in [0.2, 0.25) is 5.91 Å². The zero-order valence-electron chi connectivity index (χ0n) is 18.4. The van der Waals surface area contributed by atoms with E-state index in [1.807, 2.05) is 37.3 Å². The number of halogens is 1. The smallest absolute Gasteiger partial charge is 0.222 e. The first-order valence-corrected chi connectivity index (χ1v) is 10.9. The van der Waals surface area contributed by atoms with Gasteiger partial charge in [-0.25, -0.2) is 4.39 Å². The molecule has 2 heterocycles. The topological polar surface area (TPSA) is 42.4 Å². The number of ether oxygens (including phenoxy) is 1. The molecule has 1 saturated heterocycles. The molecule has 1 aliphatic rings. The summed E-state index contributed by atoms with van der Waals surface area (Å²) >= 11 is 0. The number of aryl methyl sites for hydroxylation is 1. The first-order valence-electron chi connectivity index (χ1n) is 10.9. The van der Waals surface area contributed by atoms with Gasteiger partial charge in [-0.3, -0.25) is 9.78 Å². The van der Waals surface area contributed by atoms with Gasteiger partial charge in [0.25, 0.3) is 0 Å². The number of likely N-dealkylation sites (tertiary alicyclic amines) is 1. The Morgan fingerprint density at radius 2 is 1.90 bits per heavy atom. The number of methoxy groups -OCH3 is 1. The SMILES string of the molecule is CCC(=O)N1CCC(F)(C(OC)c2ccc(-c3cc4ncccc4cc3C)cc2)CC1. The summed E-state index contributed by atoms with van der Waals surface area (Å²) in [5.74, 6) is 0.0839. The molecule has 5 heteroatoms. The molecular formula is C26H29FN2O2. The molecule has 0 saturated carbocycles. The minimum Gasteiger partial charge on any atom is -0.373 e. The number of pyridine rings is 1. The molecule has 1 fully saturated rings. The van der Waals surface area contributed by atoms with Crippen molar-refractivity contribution in [1.29, 1.82) is 0 Å². The number of carbonyl (C=O) groups is 1. The van der Waals surface area contributed by atoms with E-state index in [1.165, 1.54) is 5.56 Å². The highest BCUT2D eigenvalue weighted by atomic mass is 19.1. The number of piperidine rings is 1. The predicted molar refractivity (Wildman–Crippen MR) is 122 cm³/mol. The van der Waals surface area contributed by atoms with Crippen molar-refractivity contribution >= 4 is 16.8 Å². The lowest BCUT2D eigenvalue weighted by Crippen LogP contribution is -2.47. The largest absolute Gasteiger partial charge is 0.373 e. The molecule has 4 nitrogen and oxygen atoms in total. The molecule has 4 rings (SSSR count). The maximum absolute atomic E-state index is 15.9. The summed E-state index contributed by atoms with van der Waals surface area (Å²) < 4.78 is 21.5. The number of hydrogen-bond donors (Lipinski definition) is 0. The predicted octanol–water partition coefficient (Wildman–Crippen LogP) is 5.64. The van der Waals surface area contributed by atoms with Crippen LogP contribution in [0.15, 0.2) is 54.7 Å². The highest BCUT2D eigenvalue weighted by Crippen LogP contribution is 2.41. The van der Waals surface area contributed by atoms with Gasteiger partial charge in [-0.15, -0.1) is 0 Å². The van der Waals surface area contributed by atoms with Crippen LogP contribution in [0, 0.1) is 6.92 Å². The van der Waals surface area contributed by atoms with Crippen LogP contribution in [0.5, 0.6) is 0 Å². The normalized spacial score (nSPS) is 17.0. The van der Waals surface area contributed by atoms with Gasteiger partial charge in [0.15, 0.2) is 0 Å². The van der Waals surface area contributed by atoms with Crippen molar-refractivity contribution in [3.05, 3.63) is 65.9 Å². The van der Waals surface area contributed by atoms with Gasteiger partial charge in [-0.2, -0.15) is 0 Å². The molecule has 0 aliphatic carbocycles. The highest BCUT2D eigenvalue weighted by molar-refractivity contribution is 5.86. The molecule has 1 unspecified atom stereocenters. The van der Waals surface area contributed by atoms with Gasteiger partial charge in [0.1, 0.15) is 11.8 Å². The van der Waals surface area contributed by atoms with E-state index in [0.29, 0.717) is 19.5 Å². The molecule has 1 aromatic heterocycles. The zero-order chi connectivity index (χ0) is 22.0. The van der Waals surface area contributed by atoms with E-state index in [9.17, 15) is 4.79 Å². The molecule has 1 atom stereocenters. The van der Waals surface area contributed by atoms with E-state index in [4.69, 9.17) is 4.74 Å². The summed E-state index contributed by atoms with van der Waals surface area (Å²) in [6, 6.07) is 16.2. The average Bonchev–Trinajstić information content (AvgIpc) is 2.79. The fraction of sp³-hybridized carbons (Fsp3) is 0.385. The number of fused-ring (bicyclic) bond motifs is 1. The Labute approximate surface area is 183 Å². The zero-order valence-corrected chi connectivity index (χ0v) is 18.4. The van der Waals surface area contributed by atoms with E-state index >= 15 is 4.39 Å². The number of rotatable bonds is 5.